The third-order valence-electron chi connectivity index (χ3n) is 3.66. The molecule has 0 amide bonds. The number of carbonyl (C=O) groups is 1. The van der Waals surface area contributed by atoms with Crippen molar-refractivity contribution in [3.05, 3.63) is 34.9 Å². The molecule has 18 heavy (non-hydrogen) atoms. The molecule has 0 saturated carbocycles. The van der Waals surface area contributed by atoms with E-state index in [0.717, 1.165) is 18.4 Å². The summed E-state index contributed by atoms with van der Waals surface area (Å²) in [5.74, 6) is -0.811. The number of carboxylic acids is 1. The van der Waals surface area contributed by atoms with Crippen LogP contribution in [0.1, 0.15) is 49.0 Å². The van der Waals surface area contributed by atoms with Gasteiger partial charge >= 0.3 is 5.97 Å². The number of rotatable bonds is 5. The van der Waals surface area contributed by atoms with Crippen molar-refractivity contribution >= 4 is 5.97 Å². The van der Waals surface area contributed by atoms with E-state index >= 15 is 0 Å². The number of hydrogen-bond acceptors (Lipinski definition) is 2. The van der Waals surface area contributed by atoms with Gasteiger partial charge in [-0.25, -0.2) is 0 Å². The molecule has 2 unspecified atom stereocenters. The van der Waals surface area contributed by atoms with E-state index < -0.39 is 12.1 Å². The highest BCUT2D eigenvalue weighted by Crippen LogP contribution is 2.28. The molecular weight excluding hydrogens is 228 g/mol. The number of hydrogen-bond donors (Lipinski definition) is 2. The van der Waals surface area contributed by atoms with Crippen LogP contribution in [-0.2, 0) is 17.6 Å². The SMILES string of the molecule is CC(CC(=O)O)CC(O)c1ccc2c(c1)CCC2. The van der Waals surface area contributed by atoms with Gasteiger partial charge < -0.3 is 10.2 Å². The smallest absolute Gasteiger partial charge is 0.303 e. The maximum Gasteiger partial charge on any atom is 0.303 e. The number of aliphatic carboxylic acids is 1. The van der Waals surface area contributed by atoms with Crippen LogP contribution < -0.4 is 0 Å². The average Bonchev–Trinajstić information content (AvgIpc) is 2.74. The Balaban J connectivity index is 2.00. The molecule has 0 heterocycles. The quantitative estimate of drug-likeness (QED) is 0.842. The highest BCUT2D eigenvalue weighted by Gasteiger charge is 2.17. The van der Waals surface area contributed by atoms with Gasteiger partial charge in [0, 0.05) is 6.42 Å². The number of benzene rings is 1. The molecule has 0 aromatic heterocycles. The summed E-state index contributed by atoms with van der Waals surface area (Å²) in [5, 5.41) is 18.9. The molecule has 3 heteroatoms. The number of aliphatic hydroxyl groups is 1. The van der Waals surface area contributed by atoms with Crippen LogP contribution in [0.4, 0.5) is 0 Å². The summed E-state index contributed by atoms with van der Waals surface area (Å²) in [6, 6.07) is 6.16. The van der Waals surface area contributed by atoms with Crippen molar-refractivity contribution in [1.29, 1.82) is 0 Å². The first-order valence-corrected chi connectivity index (χ1v) is 6.58. The first-order valence-electron chi connectivity index (χ1n) is 6.58. The molecule has 0 fully saturated rings. The molecule has 1 aliphatic rings. The molecule has 1 aliphatic carbocycles. The van der Waals surface area contributed by atoms with Gasteiger partial charge in [0.05, 0.1) is 6.10 Å². The van der Waals surface area contributed by atoms with E-state index in [2.05, 4.69) is 12.1 Å². The lowest BCUT2D eigenvalue weighted by Gasteiger charge is -2.16. The van der Waals surface area contributed by atoms with E-state index in [9.17, 15) is 9.90 Å². The molecule has 0 saturated heterocycles. The molecular formula is C15H20O3. The molecule has 3 nitrogen and oxygen atoms in total. The highest BCUT2D eigenvalue weighted by atomic mass is 16.4. The van der Waals surface area contributed by atoms with Crippen molar-refractivity contribution in [2.24, 2.45) is 5.92 Å². The zero-order chi connectivity index (χ0) is 13.1. The van der Waals surface area contributed by atoms with Crippen LogP contribution in [0.5, 0.6) is 0 Å². The Morgan fingerprint density at radius 3 is 2.78 bits per heavy atom. The first kappa shape index (κ1) is 13.1. The Hall–Kier alpha value is -1.35. The number of carboxylic acid groups (broad SMARTS) is 1. The van der Waals surface area contributed by atoms with Crippen molar-refractivity contribution in [2.75, 3.05) is 0 Å². The van der Waals surface area contributed by atoms with Gasteiger partial charge in [-0.05, 0) is 48.3 Å². The monoisotopic (exact) mass is 248 g/mol. The predicted molar refractivity (Wildman–Crippen MR) is 69.5 cm³/mol. The van der Waals surface area contributed by atoms with Crippen LogP contribution in [-0.4, -0.2) is 16.2 Å². The fourth-order valence-electron chi connectivity index (χ4n) is 2.70. The number of aliphatic hydroxyl groups excluding tert-OH is 1. The van der Waals surface area contributed by atoms with Crippen LogP contribution in [0.3, 0.4) is 0 Å². The molecule has 2 N–H and O–H groups in total. The highest BCUT2D eigenvalue weighted by molar-refractivity contribution is 5.66. The van der Waals surface area contributed by atoms with Gasteiger partial charge in [-0.1, -0.05) is 25.1 Å². The molecule has 2 atom stereocenters. The Kier molecular flexibility index (Phi) is 4.02. The molecule has 0 bridgehead atoms. The summed E-state index contributed by atoms with van der Waals surface area (Å²) in [6.07, 6.45) is 3.50. The second-order valence-electron chi connectivity index (χ2n) is 5.34. The maximum atomic E-state index is 10.6. The van der Waals surface area contributed by atoms with Gasteiger partial charge in [0.15, 0.2) is 0 Å². The summed E-state index contributed by atoms with van der Waals surface area (Å²) < 4.78 is 0. The zero-order valence-electron chi connectivity index (χ0n) is 10.7. The molecule has 1 aromatic carbocycles. The van der Waals surface area contributed by atoms with Crippen LogP contribution in [0.2, 0.25) is 0 Å². The Bertz CT molecular complexity index is 439. The topological polar surface area (TPSA) is 57.5 Å². The second-order valence-corrected chi connectivity index (χ2v) is 5.34. The lowest BCUT2D eigenvalue weighted by Crippen LogP contribution is -2.09. The first-order chi connectivity index (χ1) is 8.56. The van der Waals surface area contributed by atoms with E-state index in [4.69, 9.17) is 5.11 Å². The van der Waals surface area contributed by atoms with E-state index in [1.807, 2.05) is 13.0 Å². The van der Waals surface area contributed by atoms with Gasteiger partial charge in [-0.2, -0.15) is 0 Å². The molecule has 0 radical (unpaired) electrons. The summed E-state index contributed by atoms with van der Waals surface area (Å²) >= 11 is 0. The Labute approximate surface area is 107 Å². The minimum Gasteiger partial charge on any atom is -0.481 e. The average molecular weight is 248 g/mol. The predicted octanol–water partition coefficient (Wildman–Crippen LogP) is 2.71. The summed E-state index contributed by atoms with van der Waals surface area (Å²) in [7, 11) is 0. The minimum absolute atomic E-state index is 0.00856. The molecule has 1 aromatic rings. The summed E-state index contributed by atoms with van der Waals surface area (Å²) in [6.45, 7) is 1.87. The molecule has 0 spiro atoms. The van der Waals surface area contributed by atoms with Crippen molar-refractivity contribution in [3.63, 3.8) is 0 Å². The maximum absolute atomic E-state index is 10.6. The van der Waals surface area contributed by atoms with Crippen molar-refractivity contribution in [3.8, 4) is 0 Å². The number of fused-ring (bicyclic) bond motifs is 1. The molecule has 0 aliphatic heterocycles. The van der Waals surface area contributed by atoms with Crippen LogP contribution in [0.25, 0.3) is 0 Å². The van der Waals surface area contributed by atoms with Crippen LogP contribution in [0, 0.1) is 5.92 Å². The third-order valence-corrected chi connectivity index (χ3v) is 3.66. The van der Waals surface area contributed by atoms with Crippen LogP contribution in [0.15, 0.2) is 18.2 Å². The second kappa shape index (κ2) is 5.53. The number of aryl methyl sites for hydroxylation is 2. The standard InChI is InChI=1S/C15H20O3/c1-10(8-15(17)18)7-14(16)13-6-5-11-3-2-4-12(11)9-13/h5-6,9-10,14,16H,2-4,7-8H2,1H3,(H,17,18). The lowest BCUT2D eigenvalue weighted by atomic mass is 9.94. The van der Waals surface area contributed by atoms with Crippen molar-refractivity contribution < 1.29 is 15.0 Å². The Morgan fingerprint density at radius 2 is 2.06 bits per heavy atom. The van der Waals surface area contributed by atoms with Crippen molar-refractivity contribution in [2.45, 2.75) is 45.1 Å². The normalized spacial score (nSPS) is 17.2. The van der Waals surface area contributed by atoms with Gasteiger partial charge in [-0.3, -0.25) is 4.79 Å². The molecule has 2 rings (SSSR count). The third kappa shape index (κ3) is 3.10. The van der Waals surface area contributed by atoms with Crippen LogP contribution >= 0.6 is 0 Å². The van der Waals surface area contributed by atoms with E-state index in [1.54, 1.807) is 0 Å². The fourth-order valence-corrected chi connectivity index (χ4v) is 2.70. The summed E-state index contributed by atoms with van der Waals surface area (Å²) in [5.41, 5.74) is 3.66. The fraction of sp³-hybridized carbons (Fsp3) is 0.533. The van der Waals surface area contributed by atoms with E-state index in [1.165, 1.54) is 17.5 Å². The van der Waals surface area contributed by atoms with Gasteiger partial charge in [0.25, 0.3) is 0 Å². The van der Waals surface area contributed by atoms with Gasteiger partial charge in [0.2, 0.25) is 0 Å². The molecule has 98 valence electrons. The van der Waals surface area contributed by atoms with Gasteiger partial charge in [-0.15, -0.1) is 0 Å². The largest absolute Gasteiger partial charge is 0.481 e. The van der Waals surface area contributed by atoms with Crippen molar-refractivity contribution in [1.82, 2.24) is 0 Å². The van der Waals surface area contributed by atoms with E-state index in [-0.39, 0.29) is 12.3 Å². The van der Waals surface area contributed by atoms with E-state index in [0.29, 0.717) is 6.42 Å². The lowest BCUT2D eigenvalue weighted by molar-refractivity contribution is -0.138. The minimum atomic E-state index is -0.802. The summed E-state index contributed by atoms with van der Waals surface area (Å²) in [4.78, 5) is 10.6. The van der Waals surface area contributed by atoms with Gasteiger partial charge in [0.1, 0.15) is 0 Å². The Morgan fingerprint density at radius 1 is 1.33 bits per heavy atom. The zero-order valence-corrected chi connectivity index (χ0v) is 10.7.